The van der Waals surface area contributed by atoms with Crippen LogP contribution in [0.25, 0.3) is 0 Å². The lowest BCUT2D eigenvalue weighted by Crippen LogP contribution is -2.42. The monoisotopic (exact) mass is 243 g/mol. The van der Waals surface area contributed by atoms with Gasteiger partial charge in [-0.3, -0.25) is 9.59 Å². The van der Waals surface area contributed by atoms with Crippen LogP contribution in [-0.2, 0) is 14.3 Å². The Hall–Kier alpha value is -1.10. The third-order valence-electron chi connectivity index (χ3n) is 3.06. The first kappa shape index (κ1) is 14.0. The Bertz CT molecular complexity index is 280. The van der Waals surface area contributed by atoms with Gasteiger partial charge in [-0.15, -0.1) is 0 Å². The molecule has 0 spiro atoms. The number of carboxylic acid groups (broad SMARTS) is 1. The number of carboxylic acids is 1. The summed E-state index contributed by atoms with van der Waals surface area (Å²) in [5, 5.41) is 8.80. The molecule has 5 heteroatoms. The maximum absolute atomic E-state index is 12.2. The van der Waals surface area contributed by atoms with Crippen molar-refractivity contribution >= 4 is 11.9 Å². The summed E-state index contributed by atoms with van der Waals surface area (Å²) in [7, 11) is 0. The van der Waals surface area contributed by atoms with Gasteiger partial charge in [0.15, 0.2) is 0 Å². The molecule has 1 N–H and O–H groups in total. The van der Waals surface area contributed by atoms with E-state index in [9.17, 15) is 9.59 Å². The van der Waals surface area contributed by atoms with Gasteiger partial charge < -0.3 is 14.7 Å². The Morgan fingerprint density at radius 3 is 2.65 bits per heavy atom. The van der Waals surface area contributed by atoms with Gasteiger partial charge in [-0.2, -0.15) is 0 Å². The van der Waals surface area contributed by atoms with Gasteiger partial charge in [0.05, 0.1) is 12.0 Å². The first-order valence-electron chi connectivity index (χ1n) is 6.22. The lowest BCUT2D eigenvalue weighted by molar-refractivity contribution is -0.147. The van der Waals surface area contributed by atoms with Crippen molar-refractivity contribution in [3.63, 3.8) is 0 Å². The molecular weight excluding hydrogens is 222 g/mol. The molecule has 17 heavy (non-hydrogen) atoms. The van der Waals surface area contributed by atoms with E-state index in [0.29, 0.717) is 19.6 Å². The third kappa shape index (κ3) is 3.70. The minimum absolute atomic E-state index is 0.0457. The van der Waals surface area contributed by atoms with Gasteiger partial charge in [-0.05, 0) is 19.3 Å². The molecule has 0 aliphatic carbocycles. The fourth-order valence-electron chi connectivity index (χ4n) is 2.27. The molecule has 0 aromatic carbocycles. The SMILES string of the molecule is CCCN(CC(=O)O)C(=O)C1CCOC1CC. The maximum Gasteiger partial charge on any atom is 0.323 e. The fourth-order valence-corrected chi connectivity index (χ4v) is 2.27. The van der Waals surface area contributed by atoms with Crippen molar-refractivity contribution in [1.29, 1.82) is 0 Å². The second-order valence-electron chi connectivity index (χ2n) is 4.37. The van der Waals surface area contributed by atoms with E-state index in [1.807, 2.05) is 13.8 Å². The molecule has 0 saturated carbocycles. The molecule has 1 rings (SSSR count). The average molecular weight is 243 g/mol. The van der Waals surface area contributed by atoms with Crippen LogP contribution in [0.1, 0.15) is 33.1 Å². The number of hydrogen-bond donors (Lipinski definition) is 1. The maximum atomic E-state index is 12.2. The molecular formula is C12H21NO4. The van der Waals surface area contributed by atoms with Crippen LogP contribution in [-0.4, -0.2) is 47.7 Å². The summed E-state index contributed by atoms with van der Waals surface area (Å²) in [6.07, 6.45) is 2.22. The number of hydrogen-bond acceptors (Lipinski definition) is 3. The Morgan fingerprint density at radius 2 is 2.12 bits per heavy atom. The molecule has 0 bridgehead atoms. The number of aliphatic carboxylic acids is 1. The van der Waals surface area contributed by atoms with E-state index in [1.165, 1.54) is 4.90 Å². The minimum Gasteiger partial charge on any atom is -0.480 e. The van der Waals surface area contributed by atoms with Gasteiger partial charge in [0.2, 0.25) is 5.91 Å². The minimum atomic E-state index is -0.959. The number of amides is 1. The number of nitrogens with zero attached hydrogens (tertiary/aromatic N) is 1. The van der Waals surface area contributed by atoms with Crippen molar-refractivity contribution in [3.8, 4) is 0 Å². The van der Waals surface area contributed by atoms with Crippen LogP contribution in [0.3, 0.4) is 0 Å². The Morgan fingerprint density at radius 1 is 1.41 bits per heavy atom. The molecule has 1 heterocycles. The van der Waals surface area contributed by atoms with E-state index in [1.54, 1.807) is 0 Å². The molecule has 1 saturated heterocycles. The van der Waals surface area contributed by atoms with Crippen molar-refractivity contribution < 1.29 is 19.4 Å². The summed E-state index contributed by atoms with van der Waals surface area (Å²) in [4.78, 5) is 24.4. The first-order chi connectivity index (χ1) is 8.10. The van der Waals surface area contributed by atoms with Crippen molar-refractivity contribution in [1.82, 2.24) is 4.90 Å². The summed E-state index contributed by atoms with van der Waals surface area (Å²) in [5.41, 5.74) is 0. The zero-order valence-electron chi connectivity index (χ0n) is 10.5. The highest BCUT2D eigenvalue weighted by atomic mass is 16.5. The van der Waals surface area contributed by atoms with Crippen LogP contribution in [0.15, 0.2) is 0 Å². The van der Waals surface area contributed by atoms with Gasteiger partial charge in [-0.1, -0.05) is 13.8 Å². The molecule has 98 valence electrons. The number of carbonyl (C=O) groups excluding carboxylic acids is 1. The Kier molecular flexibility index (Phi) is 5.41. The topological polar surface area (TPSA) is 66.8 Å². The lowest BCUT2D eigenvalue weighted by atomic mass is 9.98. The third-order valence-corrected chi connectivity index (χ3v) is 3.06. The van der Waals surface area contributed by atoms with Crippen molar-refractivity contribution in [2.24, 2.45) is 5.92 Å². The normalized spacial score (nSPS) is 23.6. The molecule has 2 unspecified atom stereocenters. The van der Waals surface area contributed by atoms with E-state index < -0.39 is 5.97 Å². The largest absolute Gasteiger partial charge is 0.480 e. The van der Waals surface area contributed by atoms with E-state index in [4.69, 9.17) is 9.84 Å². The molecule has 2 atom stereocenters. The predicted octanol–water partition coefficient (Wildman–Crippen LogP) is 1.12. The number of rotatable bonds is 6. The van der Waals surface area contributed by atoms with Crippen molar-refractivity contribution in [3.05, 3.63) is 0 Å². The van der Waals surface area contributed by atoms with Crippen molar-refractivity contribution in [2.45, 2.75) is 39.2 Å². The summed E-state index contributed by atoms with van der Waals surface area (Å²) in [6, 6.07) is 0. The lowest BCUT2D eigenvalue weighted by Gasteiger charge is -2.25. The molecule has 5 nitrogen and oxygen atoms in total. The number of ether oxygens (including phenoxy) is 1. The van der Waals surface area contributed by atoms with E-state index in [-0.39, 0.29) is 24.5 Å². The van der Waals surface area contributed by atoms with Crippen LogP contribution < -0.4 is 0 Å². The van der Waals surface area contributed by atoms with Crippen molar-refractivity contribution in [2.75, 3.05) is 19.7 Å². The van der Waals surface area contributed by atoms with Crippen LogP contribution >= 0.6 is 0 Å². The van der Waals surface area contributed by atoms with Gasteiger partial charge in [0, 0.05) is 13.2 Å². The fraction of sp³-hybridized carbons (Fsp3) is 0.833. The summed E-state index contributed by atoms with van der Waals surface area (Å²) < 4.78 is 5.47. The second-order valence-corrected chi connectivity index (χ2v) is 4.37. The van der Waals surface area contributed by atoms with Gasteiger partial charge in [0.1, 0.15) is 6.54 Å². The molecule has 0 aromatic rings. The second kappa shape index (κ2) is 6.59. The summed E-state index contributed by atoms with van der Waals surface area (Å²) in [6.45, 7) is 4.81. The molecule has 1 aliphatic heterocycles. The standard InChI is InChI=1S/C12H21NO4/c1-3-6-13(8-11(14)15)12(16)9-5-7-17-10(9)4-2/h9-10H,3-8H2,1-2H3,(H,14,15). The Labute approximate surface area is 102 Å². The molecule has 1 aliphatic rings. The van der Waals surface area contributed by atoms with E-state index in [0.717, 1.165) is 12.8 Å². The average Bonchev–Trinajstić information content (AvgIpc) is 2.74. The quantitative estimate of drug-likeness (QED) is 0.759. The molecule has 1 amide bonds. The van der Waals surface area contributed by atoms with Crippen LogP contribution in [0.2, 0.25) is 0 Å². The smallest absolute Gasteiger partial charge is 0.323 e. The predicted molar refractivity (Wildman–Crippen MR) is 62.6 cm³/mol. The summed E-state index contributed by atoms with van der Waals surface area (Å²) >= 11 is 0. The van der Waals surface area contributed by atoms with Gasteiger partial charge >= 0.3 is 5.97 Å². The molecule has 0 radical (unpaired) electrons. The van der Waals surface area contributed by atoms with E-state index >= 15 is 0 Å². The molecule has 0 aromatic heterocycles. The van der Waals surface area contributed by atoms with Crippen LogP contribution in [0.5, 0.6) is 0 Å². The zero-order chi connectivity index (χ0) is 12.8. The zero-order valence-corrected chi connectivity index (χ0v) is 10.5. The highest BCUT2D eigenvalue weighted by Crippen LogP contribution is 2.25. The van der Waals surface area contributed by atoms with Crippen LogP contribution in [0.4, 0.5) is 0 Å². The van der Waals surface area contributed by atoms with Gasteiger partial charge in [0.25, 0.3) is 0 Å². The number of carbonyl (C=O) groups is 2. The van der Waals surface area contributed by atoms with E-state index in [2.05, 4.69) is 0 Å². The highest BCUT2D eigenvalue weighted by molar-refractivity contribution is 5.83. The first-order valence-corrected chi connectivity index (χ1v) is 6.22. The van der Waals surface area contributed by atoms with Crippen LogP contribution in [0, 0.1) is 5.92 Å². The highest BCUT2D eigenvalue weighted by Gasteiger charge is 2.35. The molecule has 1 fully saturated rings. The van der Waals surface area contributed by atoms with Gasteiger partial charge in [-0.25, -0.2) is 0 Å². The summed E-state index contributed by atoms with van der Waals surface area (Å²) in [5.74, 6) is -1.19. The Balaban J connectivity index is 2.65.